The van der Waals surface area contributed by atoms with E-state index in [1.165, 1.54) is 11.1 Å². The maximum atomic E-state index is 12.4. The number of aryl methyl sites for hydroxylation is 1. The van der Waals surface area contributed by atoms with Crippen LogP contribution in [0.1, 0.15) is 47.6 Å². The summed E-state index contributed by atoms with van der Waals surface area (Å²) in [6.45, 7) is 3.70. The Labute approximate surface area is 149 Å². The molecule has 3 aromatic rings. The van der Waals surface area contributed by atoms with Crippen LogP contribution in [-0.4, -0.2) is 10.8 Å². The molecule has 0 bridgehead atoms. The number of rotatable bonds is 6. The fourth-order valence-corrected chi connectivity index (χ4v) is 3.32. The molecule has 1 atom stereocenters. The lowest BCUT2D eigenvalue weighted by Gasteiger charge is -2.23. The number of aromatic nitrogens is 1. The second kappa shape index (κ2) is 7.89. The Morgan fingerprint density at radius 1 is 0.920 bits per heavy atom. The second-order valence-electron chi connectivity index (χ2n) is 6.53. The van der Waals surface area contributed by atoms with E-state index in [1.807, 2.05) is 31.2 Å². The van der Waals surface area contributed by atoms with E-state index in [2.05, 4.69) is 53.5 Å². The molecule has 2 aromatic carbocycles. The van der Waals surface area contributed by atoms with Crippen molar-refractivity contribution in [1.82, 2.24) is 4.98 Å². The van der Waals surface area contributed by atoms with E-state index in [1.54, 1.807) is 13.1 Å². The molecule has 126 valence electrons. The van der Waals surface area contributed by atoms with Crippen LogP contribution >= 0.6 is 0 Å². The van der Waals surface area contributed by atoms with Crippen LogP contribution in [0.15, 0.2) is 79.0 Å². The predicted octanol–water partition coefficient (Wildman–Crippen LogP) is 5.28. The van der Waals surface area contributed by atoms with E-state index in [-0.39, 0.29) is 17.6 Å². The largest absolute Gasteiger partial charge is 0.299 e. The van der Waals surface area contributed by atoms with Gasteiger partial charge in [-0.3, -0.25) is 9.78 Å². The Morgan fingerprint density at radius 3 is 1.96 bits per heavy atom. The van der Waals surface area contributed by atoms with Crippen LogP contribution in [0.4, 0.5) is 0 Å². The third-order valence-corrected chi connectivity index (χ3v) is 4.66. The zero-order chi connectivity index (χ0) is 17.6. The Bertz CT molecular complexity index is 787. The summed E-state index contributed by atoms with van der Waals surface area (Å²) in [5, 5.41) is 0. The molecule has 0 spiro atoms. The minimum absolute atomic E-state index is 0.162. The van der Waals surface area contributed by atoms with Crippen molar-refractivity contribution >= 4 is 5.78 Å². The number of ketones is 1. The minimum Gasteiger partial charge on any atom is -0.299 e. The van der Waals surface area contributed by atoms with Gasteiger partial charge in [-0.2, -0.15) is 0 Å². The van der Waals surface area contributed by atoms with Crippen molar-refractivity contribution in [1.29, 1.82) is 0 Å². The average Bonchev–Trinajstić information content (AvgIpc) is 2.63. The van der Waals surface area contributed by atoms with Crippen LogP contribution < -0.4 is 0 Å². The van der Waals surface area contributed by atoms with Gasteiger partial charge in [-0.25, -0.2) is 0 Å². The smallest absolute Gasteiger partial charge is 0.138 e. The minimum atomic E-state index is -0.203. The van der Waals surface area contributed by atoms with Crippen molar-refractivity contribution in [2.24, 2.45) is 0 Å². The Morgan fingerprint density at radius 2 is 1.48 bits per heavy atom. The number of carbonyl (C=O) groups is 1. The topological polar surface area (TPSA) is 30.0 Å². The van der Waals surface area contributed by atoms with Gasteiger partial charge < -0.3 is 0 Å². The van der Waals surface area contributed by atoms with E-state index >= 15 is 0 Å². The summed E-state index contributed by atoms with van der Waals surface area (Å²) < 4.78 is 0. The van der Waals surface area contributed by atoms with Gasteiger partial charge in [0.15, 0.2) is 0 Å². The van der Waals surface area contributed by atoms with Crippen LogP contribution in [0.3, 0.4) is 0 Å². The highest BCUT2D eigenvalue weighted by atomic mass is 16.1. The van der Waals surface area contributed by atoms with Crippen molar-refractivity contribution in [3.05, 3.63) is 101 Å². The zero-order valence-corrected chi connectivity index (χ0v) is 14.7. The third kappa shape index (κ3) is 4.21. The fraction of sp³-hybridized carbons (Fsp3) is 0.217. The number of hydrogen-bond acceptors (Lipinski definition) is 2. The van der Waals surface area contributed by atoms with Gasteiger partial charge in [0, 0.05) is 12.1 Å². The summed E-state index contributed by atoms with van der Waals surface area (Å²) in [6, 6.07) is 24.8. The van der Waals surface area contributed by atoms with Crippen molar-refractivity contribution in [3.8, 4) is 0 Å². The zero-order valence-electron chi connectivity index (χ0n) is 14.7. The average molecular weight is 329 g/mol. The molecule has 0 saturated heterocycles. The van der Waals surface area contributed by atoms with Gasteiger partial charge in [-0.05, 0) is 49.1 Å². The van der Waals surface area contributed by atoms with Crippen molar-refractivity contribution in [3.63, 3.8) is 0 Å². The lowest BCUT2D eigenvalue weighted by Crippen LogP contribution is -2.16. The summed E-state index contributed by atoms with van der Waals surface area (Å²) in [6.07, 6.45) is 2.51. The summed E-state index contributed by atoms with van der Waals surface area (Å²) in [4.78, 5) is 16.9. The number of hydrogen-bond donors (Lipinski definition) is 0. The molecule has 1 heterocycles. The van der Waals surface area contributed by atoms with Gasteiger partial charge >= 0.3 is 0 Å². The molecule has 25 heavy (non-hydrogen) atoms. The summed E-state index contributed by atoms with van der Waals surface area (Å²) >= 11 is 0. The highest BCUT2D eigenvalue weighted by molar-refractivity contribution is 5.83. The molecule has 0 amide bonds. The van der Waals surface area contributed by atoms with Crippen molar-refractivity contribution in [2.45, 2.75) is 32.1 Å². The van der Waals surface area contributed by atoms with E-state index in [4.69, 9.17) is 0 Å². The number of nitrogens with zero attached hydrogens (tertiary/aromatic N) is 1. The van der Waals surface area contributed by atoms with Gasteiger partial charge in [0.2, 0.25) is 0 Å². The first-order valence-electron chi connectivity index (χ1n) is 8.68. The molecule has 0 aliphatic heterocycles. The van der Waals surface area contributed by atoms with Crippen LogP contribution in [-0.2, 0) is 4.79 Å². The van der Waals surface area contributed by atoms with Gasteiger partial charge in [-0.1, -0.05) is 60.7 Å². The van der Waals surface area contributed by atoms with E-state index in [0.717, 1.165) is 17.7 Å². The molecule has 0 radical (unpaired) electrons. The van der Waals surface area contributed by atoms with Crippen LogP contribution in [0.25, 0.3) is 0 Å². The number of Topliss-reactive ketones (excluding diaryl/α,β-unsaturated/α-hetero) is 1. The first-order valence-corrected chi connectivity index (χ1v) is 8.68. The highest BCUT2D eigenvalue weighted by Gasteiger charge is 2.25. The molecule has 3 rings (SSSR count). The van der Waals surface area contributed by atoms with Gasteiger partial charge in [0.05, 0.1) is 11.6 Å². The number of carbonyl (C=O) groups excluding carboxylic acids is 1. The second-order valence-corrected chi connectivity index (χ2v) is 6.53. The standard InChI is InChI=1S/C23H23NO/c1-17-13-14-24-23(15-17)21(18(2)25)16-22(19-9-5-3-6-10-19)20-11-7-4-8-12-20/h3-15,21-22H,16H2,1-2H3. The lowest BCUT2D eigenvalue weighted by molar-refractivity contribution is -0.118. The van der Waals surface area contributed by atoms with Gasteiger partial charge in [-0.15, -0.1) is 0 Å². The Balaban J connectivity index is 1.99. The van der Waals surface area contributed by atoms with E-state index < -0.39 is 0 Å². The first kappa shape index (κ1) is 17.1. The maximum Gasteiger partial charge on any atom is 0.138 e. The molecular weight excluding hydrogens is 306 g/mol. The van der Waals surface area contributed by atoms with Crippen LogP contribution in [0, 0.1) is 6.92 Å². The molecule has 0 N–H and O–H groups in total. The SMILES string of the molecule is CC(=O)C(CC(c1ccccc1)c1ccccc1)c1cc(C)ccn1. The predicted molar refractivity (Wildman–Crippen MR) is 102 cm³/mol. The molecule has 0 fully saturated rings. The summed E-state index contributed by atoms with van der Waals surface area (Å²) in [5.41, 5.74) is 4.46. The summed E-state index contributed by atoms with van der Waals surface area (Å²) in [5.74, 6) is 0.124. The van der Waals surface area contributed by atoms with Gasteiger partial charge in [0.25, 0.3) is 0 Å². The summed E-state index contributed by atoms with van der Waals surface area (Å²) in [7, 11) is 0. The number of pyridine rings is 1. The van der Waals surface area contributed by atoms with E-state index in [0.29, 0.717) is 0 Å². The molecule has 2 heteroatoms. The molecule has 1 aromatic heterocycles. The Hall–Kier alpha value is -2.74. The quantitative estimate of drug-likeness (QED) is 0.615. The molecule has 0 saturated carbocycles. The molecule has 1 unspecified atom stereocenters. The van der Waals surface area contributed by atoms with Crippen molar-refractivity contribution in [2.75, 3.05) is 0 Å². The van der Waals surface area contributed by atoms with Crippen LogP contribution in [0.2, 0.25) is 0 Å². The third-order valence-electron chi connectivity index (χ3n) is 4.66. The van der Waals surface area contributed by atoms with Crippen molar-refractivity contribution < 1.29 is 4.79 Å². The molecule has 2 nitrogen and oxygen atoms in total. The fourth-order valence-electron chi connectivity index (χ4n) is 3.32. The van der Waals surface area contributed by atoms with Gasteiger partial charge in [0.1, 0.15) is 5.78 Å². The van der Waals surface area contributed by atoms with Crippen LogP contribution in [0.5, 0.6) is 0 Å². The van der Waals surface area contributed by atoms with E-state index in [9.17, 15) is 4.79 Å². The highest BCUT2D eigenvalue weighted by Crippen LogP contribution is 2.35. The molecular formula is C23H23NO. The first-order chi connectivity index (χ1) is 12.1. The number of benzene rings is 2. The maximum absolute atomic E-state index is 12.4. The molecule has 0 aliphatic carbocycles. The normalized spacial score (nSPS) is 12.1. The monoisotopic (exact) mass is 329 g/mol. The lowest BCUT2D eigenvalue weighted by atomic mass is 9.81. The molecule has 0 aliphatic rings. The Kier molecular flexibility index (Phi) is 5.39.